The van der Waals surface area contributed by atoms with Crippen LogP contribution in [0.2, 0.25) is 0 Å². The highest BCUT2D eigenvalue weighted by atomic mass is 16.5. The monoisotopic (exact) mass is 198 g/mol. The topological polar surface area (TPSA) is 9.23 Å². The van der Waals surface area contributed by atoms with E-state index in [9.17, 15) is 0 Å². The third kappa shape index (κ3) is 2.01. The van der Waals surface area contributed by atoms with E-state index in [1.54, 1.807) is 0 Å². The number of hydrogen-bond donors (Lipinski definition) is 0. The Kier molecular flexibility index (Phi) is 2.72. The second-order valence-corrected chi connectivity index (χ2v) is 3.55. The standard InChI is InChI=1S/C14H14O/c1-3-15-11(2)13-9-8-12-6-4-5-7-14(12)10-13/h3-11H,1H2,2H3/t11-/m0/s1. The maximum absolute atomic E-state index is 5.34. The highest BCUT2D eigenvalue weighted by Gasteiger charge is 2.04. The average Bonchev–Trinajstić information content (AvgIpc) is 2.29. The van der Waals surface area contributed by atoms with Crippen molar-refractivity contribution >= 4 is 10.8 Å². The summed E-state index contributed by atoms with van der Waals surface area (Å²) in [5.74, 6) is 0. The fourth-order valence-corrected chi connectivity index (χ4v) is 1.68. The first-order chi connectivity index (χ1) is 7.31. The zero-order chi connectivity index (χ0) is 10.7. The van der Waals surface area contributed by atoms with Crippen LogP contribution in [0, 0.1) is 0 Å². The molecule has 1 atom stereocenters. The van der Waals surface area contributed by atoms with Crippen LogP contribution in [0.1, 0.15) is 18.6 Å². The van der Waals surface area contributed by atoms with Crippen LogP contribution in [-0.4, -0.2) is 0 Å². The summed E-state index contributed by atoms with van der Waals surface area (Å²) in [5.41, 5.74) is 1.17. The summed E-state index contributed by atoms with van der Waals surface area (Å²) in [6.45, 7) is 5.59. The summed E-state index contributed by atoms with van der Waals surface area (Å²) in [5, 5.41) is 2.50. The Bertz CT molecular complexity index is 473. The molecule has 15 heavy (non-hydrogen) atoms. The van der Waals surface area contributed by atoms with Crippen LogP contribution < -0.4 is 0 Å². The average molecular weight is 198 g/mol. The summed E-state index contributed by atoms with van der Waals surface area (Å²) in [6.07, 6.45) is 1.55. The van der Waals surface area contributed by atoms with Gasteiger partial charge in [-0.15, -0.1) is 0 Å². The van der Waals surface area contributed by atoms with E-state index >= 15 is 0 Å². The molecule has 2 aromatic rings. The third-order valence-corrected chi connectivity index (χ3v) is 2.54. The lowest BCUT2D eigenvalue weighted by atomic mass is 10.0. The van der Waals surface area contributed by atoms with Crippen molar-refractivity contribution in [3.8, 4) is 0 Å². The van der Waals surface area contributed by atoms with Gasteiger partial charge in [0.2, 0.25) is 0 Å². The molecule has 0 spiro atoms. The first-order valence-corrected chi connectivity index (χ1v) is 5.06. The van der Waals surface area contributed by atoms with Crippen LogP contribution in [-0.2, 0) is 4.74 Å². The van der Waals surface area contributed by atoms with Crippen molar-refractivity contribution < 1.29 is 4.74 Å². The van der Waals surface area contributed by atoms with Crippen molar-refractivity contribution in [2.75, 3.05) is 0 Å². The Labute approximate surface area is 90.0 Å². The molecule has 0 saturated carbocycles. The molecule has 0 radical (unpaired) electrons. The molecule has 2 aromatic carbocycles. The van der Waals surface area contributed by atoms with E-state index in [-0.39, 0.29) is 6.10 Å². The van der Waals surface area contributed by atoms with Crippen molar-refractivity contribution in [2.24, 2.45) is 0 Å². The van der Waals surface area contributed by atoms with Gasteiger partial charge in [0.1, 0.15) is 6.10 Å². The first-order valence-electron chi connectivity index (χ1n) is 5.06. The zero-order valence-electron chi connectivity index (χ0n) is 8.81. The molecule has 0 unspecified atom stereocenters. The molecule has 0 saturated heterocycles. The fourth-order valence-electron chi connectivity index (χ4n) is 1.68. The Hall–Kier alpha value is -1.76. The summed E-state index contributed by atoms with van der Waals surface area (Å²) in [6, 6.07) is 14.7. The summed E-state index contributed by atoms with van der Waals surface area (Å²) < 4.78 is 5.34. The van der Waals surface area contributed by atoms with Gasteiger partial charge < -0.3 is 4.74 Å². The van der Waals surface area contributed by atoms with Gasteiger partial charge in [-0.3, -0.25) is 0 Å². The molecule has 0 heterocycles. The molecule has 0 bridgehead atoms. The Balaban J connectivity index is 2.42. The zero-order valence-corrected chi connectivity index (χ0v) is 8.81. The van der Waals surface area contributed by atoms with E-state index in [0.29, 0.717) is 0 Å². The van der Waals surface area contributed by atoms with Gasteiger partial charge in [-0.05, 0) is 29.3 Å². The molecular formula is C14H14O. The quantitative estimate of drug-likeness (QED) is 0.676. The largest absolute Gasteiger partial charge is 0.494 e. The second kappa shape index (κ2) is 4.18. The predicted molar refractivity (Wildman–Crippen MR) is 63.6 cm³/mol. The van der Waals surface area contributed by atoms with Crippen LogP contribution in [0.3, 0.4) is 0 Å². The number of hydrogen-bond acceptors (Lipinski definition) is 1. The number of fused-ring (bicyclic) bond motifs is 1. The van der Waals surface area contributed by atoms with Crippen molar-refractivity contribution in [1.82, 2.24) is 0 Å². The van der Waals surface area contributed by atoms with E-state index in [2.05, 4.69) is 36.9 Å². The second-order valence-electron chi connectivity index (χ2n) is 3.55. The van der Waals surface area contributed by atoms with E-state index in [1.807, 2.05) is 19.1 Å². The summed E-state index contributed by atoms with van der Waals surface area (Å²) >= 11 is 0. The van der Waals surface area contributed by atoms with E-state index in [0.717, 1.165) is 0 Å². The summed E-state index contributed by atoms with van der Waals surface area (Å²) in [7, 11) is 0. The van der Waals surface area contributed by atoms with Gasteiger partial charge in [0.15, 0.2) is 0 Å². The van der Waals surface area contributed by atoms with E-state index in [1.165, 1.54) is 22.6 Å². The Morgan fingerprint density at radius 3 is 2.60 bits per heavy atom. The normalized spacial score (nSPS) is 12.3. The molecule has 0 N–H and O–H groups in total. The summed E-state index contributed by atoms with van der Waals surface area (Å²) in [4.78, 5) is 0. The molecule has 0 aliphatic heterocycles. The highest BCUT2D eigenvalue weighted by Crippen LogP contribution is 2.22. The smallest absolute Gasteiger partial charge is 0.120 e. The van der Waals surface area contributed by atoms with Crippen LogP contribution >= 0.6 is 0 Å². The lowest BCUT2D eigenvalue weighted by Gasteiger charge is -2.11. The molecule has 0 aromatic heterocycles. The number of rotatable bonds is 3. The third-order valence-electron chi connectivity index (χ3n) is 2.54. The maximum Gasteiger partial charge on any atom is 0.120 e. The maximum atomic E-state index is 5.34. The minimum atomic E-state index is 0.0621. The van der Waals surface area contributed by atoms with Crippen molar-refractivity contribution in [3.63, 3.8) is 0 Å². The van der Waals surface area contributed by atoms with Gasteiger partial charge in [-0.1, -0.05) is 43.0 Å². The van der Waals surface area contributed by atoms with Gasteiger partial charge in [0.25, 0.3) is 0 Å². The molecule has 76 valence electrons. The molecule has 0 aliphatic carbocycles. The van der Waals surface area contributed by atoms with Crippen molar-refractivity contribution in [1.29, 1.82) is 0 Å². The molecule has 1 heteroatoms. The Morgan fingerprint density at radius 2 is 1.87 bits per heavy atom. The minimum Gasteiger partial charge on any atom is -0.494 e. The minimum absolute atomic E-state index is 0.0621. The molecule has 0 amide bonds. The van der Waals surface area contributed by atoms with E-state index < -0.39 is 0 Å². The van der Waals surface area contributed by atoms with Crippen LogP contribution in [0.4, 0.5) is 0 Å². The van der Waals surface area contributed by atoms with Gasteiger partial charge in [-0.25, -0.2) is 0 Å². The van der Waals surface area contributed by atoms with Crippen LogP contribution in [0.5, 0.6) is 0 Å². The highest BCUT2D eigenvalue weighted by molar-refractivity contribution is 5.83. The lowest BCUT2D eigenvalue weighted by molar-refractivity contribution is 0.165. The molecule has 0 fully saturated rings. The van der Waals surface area contributed by atoms with Gasteiger partial charge in [0.05, 0.1) is 6.26 Å². The molecule has 0 aliphatic rings. The molecular weight excluding hydrogens is 184 g/mol. The predicted octanol–water partition coefficient (Wildman–Crippen LogP) is 4.06. The van der Waals surface area contributed by atoms with Crippen molar-refractivity contribution in [2.45, 2.75) is 13.0 Å². The van der Waals surface area contributed by atoms with Gasteiger partial charge >= 0.3 is 0 Å². The molecule has 1 nitrogen and oxygen atoms in total. The van der Waals surface area contributed by atoms with Crippen molar-refractivity contribution in [3.05, 3.63) is 60.9 Å². The lowest BCUT2D eigenvalue weighted by Crippen LogP contribution is -1.94. The number of ether oxygens (including phenoxy) is 1. The van der Waals surface area contributed by atoms with Gasteiger partial charge in [0, 0.05) is 0 Å². The van der Waals surface area contributed by atoms with Crippen LogP contribution in [0.25, 0.3) is 10.8 Å². The fraction of sp³-hybridized carbons (Fsp3) is 0.143. The van der Waals surface area contributed by atoms with E-state index in [4.69, 9.17) is 4.74 Å². The number of benzene rings is 2. The first kappa shape index (κ1) is 9.78. The SMILES string of the molecule is C=CO[C@@H](C)c1ccc2ccccc2c1. The van der Waals surface area contributed by atoms with Gasteiger partial charge in [-0.2, -0.15) is 0 Å². The molecule has 2 rings (SSSR count). The Morgan fingerprint density at radius 1 is 1.13 bits per heavy atom. The van der Waals surface area contributed by atoms with Crippen LogP contribution in [0.15, 0.2) is 55.3 Å².